The first-order valence-electron chi connectivity index (χ1n) is 18.7. The molecular weight excluding hydrogens is 671 g/mol. The highest BCUT2D eigenvalue weighted by Crippen LogP contribution is 2.50. The van der Waals surface area contributed by atoms with Crippen LogP contribution in [0.3, 0.4) is 0 Å². The van der Waals surface area contributed by atoms with E-state index in [4.69, 9.17) is 9.97 Å². The van der Waals surface area contributed by atoms with Crippen molar-refractivity contribution in [2.75, 3.05) is 4.90 Å². The van der Waals surface area contributed by atoms with Gasteiger partial charge in [-0.2, -0.15) is 0 Å². The average Bonchev–Trinajstić information content (AvgIpc) is 3.77. The molecule has 0 atom stereocenters. The van der Waals surface area contributed by atoms with E-state index in [-0.39, 0.29) is 0 Å². The van der Waals surface area contributed by atoms with Gasteiger partial charge in [-0.3, -0.25) is 4.57 Å². The molecule has 0 N–H and O–H groups in total. The molecular formula is C50H31N5. The predicted molar refractivity (Wildman–Crippen MR) is 227 cm³/mol. The Balaban J connectivity index is 1.15. The fraction of sp³-hybridized carbons (Fsp3) is 0. The summed E-state index contributed by atoms with van der Waals surface area (Å²) in [5, 5.41) is 5.83. The second-order valence-electron chi connectivity index (χ2n) is 14.2. The number of para-hydroxylation sites is 4. The summed E-state index contributed by atoms with van der Waals surface area (Å²) in [7, 11) is 0. The van der Waals surface area contributed by atoms with Gasteiger partial charge in [0, 0.05) is 38.5 Å². The molecule has 0 aliphatic carbocycles. The average molecular weight is 702 g/mol. The lowest BCUT2D eigenvalue weighted by Gasteiger charge is -2.32. The van der Waals surface area contributed by atoms with Crippen LogP contribution < -0.4 is 4.90 Å². The first-order valence-corrected chi connectivity index (χ1v) is 18.7. The van der Waals surface area contributed by atoms with Gasteiger partial charge >= 0.3 is 0 Å². The van der Waals surface area contributed by atoms with Crippen molar-refractivity contribution < 1.29 is 0 Å². The SMILES string of the molecule is c1ccc(-c2ccc(-n3c4ccccc4c4ccc5c(c6ccccc6n5-c5nc6c7c(cccc7n5)N(c5ccccc5)c5ccccc5-6)c43)cc2)cc1. The van der Waals surface area contributed by atoms with Gasteiger partial charge in [-0.05, 0) is 71.8 Å². The van der Waals surface area contributed by atoms with E-state index < -0.39 is 0 Å². The van der Waals surface area contributed by atoms with E-state index in [2.05, 4.69) is 202 Å². The number of fused-ring (bicyclic) bond motifs is 9. The number of nitrogens with zero attached hydrogens (tertiary/aromatic N) is 5. The molecule has 0 bridgehead atoms. The molecule has 4 heterocycles. The third-order valence-electron chi connectivity index (χ3n) is 11.2. The van der Waals surface area contributed by atoms with Gasteiger partial charge in [0.1, 0.15) is 0 Å². The summed E-state index contributed by atoms with van der Waals surface area (Å²) in [5.74, 6) is 0.656. The lowest BCUT2D eigenvalue weighted by Crippen LogP contribution is -2.16. The fourth-order valence-electron chi connectivity index (χ4n) is 8.91. The van der Waals surface area contributed by atoms with Crippen molar-refractivity contribution in [1.82, 2.24) is 19.1 Å². The molecule has 0 fully saturated rings. The molecule has 0 amide bonds. The normalized spacial score (nSPS) is 12.3. The monoisotopic (exact) mass is 701 g/mol. The predicted octanol–water partition coefficient (Wildman–Crippen LogP) is 12.9. The lowest BCUT2D eigenvalue weighted by atomic mass is 9.96. The van der Waals surface area contributed by atoms with E-state index >= 15 is 0 Å². The number of hydrogen-bond acceptors (Lipinski definition) is 3. The number of anilines is 3. The molecule has 1 aliphatic rings. The molecule has 0 unspecified atom stereocenters. The summed E-state index contributed by atoms with van der Waals surface area (Å²) in [5.41, 5.74) is 14.2. The van der Waals surface area contributed by atoms with Crippen LogP contribution in [0.1, 0.15) is 0 Å². The number of hydrogen-bond donors (Lipinski definition) is 0. The molecule has 256 valence electrons. The van der Waals surface area contributed by atoms with E-state index in [1.807, 2.05) is 0 Å². The van der Waals surface area contributed by atoms with Gasteiger partial charge in [0.15, 0.2) is 0 Å². The topological polar surface area (TPSA) is 38.9 Å². The van der Waals surface area contributed by atoms with Gasteiger partial charge in [0.2, 0.25) is 5.95 Å². The molecule has 0 saturated heterocycles. The van der Waals surface area contributed by atoms with E-state index in [1.54, 1.807) is 0 Å². The first kappa shape index (κ1) is 30.0. The zero-order chi connectivity index (χ0) is 36.0. The van der Waals surface area contributed by atoms with Crippen molar-refractivity contribution in [2.24, 2.45) is 0 Å². The van der Waals surface area contributed by atoms with Crippen LogP contribution in [-0.2, 0) is 0 Å². The summed E-state index contributed by atoms with van der Waals surface area (Å²) in [6.07, 6.45) is 0. The van der Waals surface area contributed by atoms with E-state index in [9.17, 15) is 0 Å². The van der Waals surface area contributed by atoms with Crippen LogP contribution in [0.4, 0.5) is 17.1 Å². The van der Waals surface area contributed by atoms with Gasteiger partial charge in [-0.15, -0.1) is 0 Å². The Kier molecular flexibility index (Phi) is 6.27. The Morgan fingerprint density at radius 3 is 1.84 bits per heavy atom. The molecule has 5 nitrogen and oxygen atoms in total. The maximum absolute atomic E-state index is 5.50. The summed E-state index contributed by atoms with van der Waals surface area (Å²) in [4.78, 5) is 13.2. The van der Waals surface area contributed by atoms with Crippen LogP contribution in [0.25, 0.3) is 88.5 Å². The highest BCUT2D eigenvalue weighted by molar-refractivity contribution is 6.26. The summed E-state index contributed by atoms with van der Waals surface area (Å²) >= 11 is 0. The maximum atomic E-state index is 5.50. The third kappa shape index (κ3) is 4.29. The van der Waals surface area contributed by atoms with Gasteiger partial charge in [-0.1, -0.05) is 127 Å². The van der Waals surface area contributed by atoms with Gasteiger partial charge in [0.25, 0.3) is 0 Å². The van der Waals surface area contributed by atoms with Crippen molar-refractivity contribution in [2.45, 2.75) is 0 Å². The fourth-order valence-corrected chi connectivity index (χ4v) is 8.91. The minimum atomic E-state index is 0.656. The van der Waals surface area contributed by atoms with Crippen LogP contribution in [-0.4, -0.2) is 19.1 Å². The Labute approximate surface area is 316 Å². The van der Waals surface area contributed by atoms with Crippen molar-refractivity contribution in [3.63, 3.8) is 0 Å². The van der Waals surface area contributed by atoms with E-state index in [0.717, 1.165) is 61.3 Å². The minimum Gasteiger partial charge on any atom is -0.309 e. The number of aromatic nitrogens is 4. The molecule has 0 radical (unpaired) electrons. The zero-order valence-corrected chi connectivity index (χ0v) is 29.6. The first-order chi connectivity index (χ1) is 27.3. The number of benzene rings is 8. The molecule has 11 aromatic rings. The third-order valence-corrected chi connectivity index (χ3v) is 11.2. The van der Waals surface area contributed by atoms with Crippen molar-refractivity contribution in [1.29, 1.82) is 0 Å². The minimum absolute atomic E-state index is 0.656. The lowest BCUT2D eigenvalue weighted by molar-refractivity contribution is 1.01. The maximum Gasteiger partial charge on any atom is 0.235 e. The Hall–Kier alpha value is -7.50. The largest absolute Gasteiger partial charge is 0.309 e. The van der Waals surface area contributed by atoms with E-state index in [0.29, 0.717) is 5.95 Å². The van der Waals surface area contributed by atoms with Crippen LogP contribution in [0.5, 0.6) is 0 Å². The molecule has 3 aromatic heterocycles. The van der Waals surface area contributed by atoms with Crippen molar-refractivity contribution in [3.05, 3.63) is 188 Å². The summed E-state index contributed by atoms with van der Waals surface area (Å²) < 4.78 is 4.70. The van der Waals surface area contributed by atoms with Crippen molar-refractivity contribution >= 4 is 71.6 Å². The quantitative estimate of drug-likeness (QED) is 0.183. The Morgan fingerprint density at radius 2 is 1.02 bits per heavy atom. The van der Waals surface area contributed by atoms with Gasteiger partial charge in [0.05, 0.1) is 50.0 Å². The zero-order valence-electron chi connectivity index (χ0n) is 29.6. The molecule has 12 rings (SSSR count). The molecule has 0 spiro atoms. The van der Waals surface area contributed by atoms with Gasteiger partial charge in [-0.25, -0.2) is 9.97 Å². The van der Waals surface area contributed by atoms with Crippen molar-refractivity contribution in [3.8, 4) is 34.0 Å². The molecule has 8 aromatic carbocycles. The molecule has 5 heteroatoms. The van der Waals surface area contributed by atoms with Crippen LogP contribution in [0, 0.1) is 0 Å². The summed E-state index contributed by atoms with van der Waals surface area (Å²) in [6.45, 7) is 0. The molecule has 55 heavy (non-hydrogen) atoms. The molecule has 1 aliphatic heterocycles. The van der Waals surface area contributed by atoms with Crippen LogP contribution in [0.2, 0.25) is 0 Å². The second-order valence-corrected chi connectivity index (χ2v) is 14.2. The Bertz CT molecular complexity index is 3300. The van der Waals surface area contributed by atoms with Crippen LogP contribution >= 0.6 is 0 Å². The summed E-state index contributed by atoms with van der Waals surface area (Å²) in [6, 6.07) is 67.0. The smallest absolute Gasteiger partial charge is 0.235 e. The van der Waals surface area contributed by atoms with Crippen LogP contribution in [0.15, 0.2) is 188 Å². The number of rotatable bonds is 4. The second kappa shape index (κ2) is 11.5. The Morgan fingerprint density at radius 1 is 0.364 bits per heavy atom. The highest BCUT2D eigenvalue weighted by Gasteiger charge is 2.29. The van der Waals surface area contributed by atoms with E-state index in [1.165, 1.54) is 38.3 Å². The molecule has 0 saturated carbocycles. The van der Waals surface area contributed by atoms with Gasteiger partial charge < -0.3 is 9.47 Å². The highest BCUT2D eigenvalue weighted by atomic mass is 15.2. The standard InChI is InChI=1S/C50H31N5/c1-3-14-32(15-4-1)33-26-28-35(29-27-33)54-41-22-10-7-18-36(41)37-30-31-45-46(49(37)54)38-19-8-11-23-42(38)55(45)50-51-40-21-13-25-44-47(40)48(52-50)39-20-9-12-24-43(39)53(44)34-16-5-2-6-17-34/h1-31H.